The van der Waals surface area contributed by atoms with E-state index in [1.54, 1.807) is 44.2 Å². The number of hydrogen-bond donors (Lipinski definition) is 1. The molecule has 2 unspecified atom stereocenters. The molecule has 0 spiro atoms. The van der Waals surface area contributed by atoms with Crippen molar-refractivity contribution in [1.29, 1.82) is 0 Å². The minimum absolute atomic E-state index is 0.0980. The average Bonchev–Trinajstić information content (AvgIpc) is 3.40. The van der Waals surface area contributed by atoms with Gasteiger partial charge in [0.05, 0.1) is 31.7 Å². The highest BCUT2D eigenvalue weighted by Gasteiger charge is 2.38. The minimum Gasteiger partial charge on any atom is -0.467 e. The van der Waals surface area contributed by atoms with Crippen LogP contribution < -0.4 is 5.32 Å². The number of furan rings is 1. The molecule has 2 aromatic rings. The number of amides is 2. The Balaban J connectivity index is 1.99. The van der Waals surface area contributed by atoms with Gasteiger partial charge in [0.15, 0.2) is 0 Å². The van der Waals surface area contributed by atoms with Crippen LogP contribution in [0.1, 0.15) is 83.8 Å². The van der Waals surface area contributed by atoms with Gasteiger partial charge < -0.3 is 24.3 Å². The Bertz CT molecular complexity index is 1350. The van der Waals surface area contributed by atoms with Crippen molar-refractivity contribution in [1.82, 2.24) is 19.8 Å². The van der Waals surface area contributed by atoms with Crippen molar-refractivity contribution in [3.05, 3.63) is 41.7 Å². The number of likely N-dealkylation sites (tertiary alicyclic amines) is 1. The fourth-order valence-corrected chi connectivity index (χ4v) is 5.22. The first-order valence-corrected chi connectivity index (χ1v) is 16.4. The third-order valence-electron chi connectivity index (χ3n) is 6.65. The van der Waals surface area contributed by atoms with Gasteiger partial charge in [-0.2, -0.15) is 8.42 Å². The van der Waals surface area contributed by atoms with Crippen molar-refractivity contribution in [2.75, 3.05) is 37.8 Å². The summed E-state index contributed by atoms with van der Waals surface area (Å²) < 4.78 is 39.8. The Labute approximate surface area is 255 Å². The van der Waals surface area contributed by atoms with Crippen LogP contribution in [0, 0.1) is 11.8 Å². The lowest BCUT2D eigenvalue weighted by atomic mass is 9.93. The smallest absolute Gasteiger partial charge is 0.410 e. The van der Waals surface area contributed by atoms with Crippen LogP contribution in [0.2, 0.25) is 0 Å². The van der Waals surface area contributed by atoms with Gasteiger partial charge >= 0.3 is 6.09 Å². The van der Waals surface area contributed by atoms with Gasteiger partial charge in [-0.25, -0.2) is 14.8 Å². The zero-order valence-corrected chi connectivity index (χ0v) is 27.7. The molecule has 0 aliphatic carbocycles. The summed E-state index contributed by atoms with van der Waals surface area (Å²) in [5.74, 6) is 1.10. The molecule has 0 saturated carbocycles. The molecule has 0 radical (unpaired) electrons. The molecule has 2 aromatic heterocycles. The summed E-state index contributed by atoms with van der Waals surface area (Å²) in [5, 5.41) is 3.26. The molecule has 1 N–H and O–H groups in total. The molecule has 12 nitrogen and oxygen atoms in total. The molecule has 1 aliphatic rings. The van der Waals surface area contributed by atoms with Gasteiger partial charge in [-0.15, -0.1) is 0 Å². The minimum atomic E-state index is -3.70. The quantitative estimate of drug-likeness (QED) is 0.371. The first-order valence-electron chi connectivity index (χ1n) is 14.6. The molecule has 1 fully saturated rings. The summed E-state index contributed by atoms with van der Waals surface area (Å²) in [6, 6.07) is 3.18. The van der Waals surface area contributed by atoms with Crippen LogP contribution in [0.5, 0.6) is 0 Å². The largest absolute Gasteiger partial charge is 0.467 e. The van der Waals surface area contributed by atoms with Crippen molar-refractivity contribution in [3.8, 4) is 0 Å². The Hall–Kier alpha value is -3.19. The van der Waals surface area contributed by atoms with Crippen LogP contribution in [0.4, 0.5) is 10.6 Å². The summed E-state index contributed by atoms with van der Waals surface area (Å²) in [4.78, 5) is 40.1. The Morgan fingerprint density at radius 2 is 1.88 bits per heavy atom. The maximum atomic E-state index is 14.4. The molecule has 2 atom stereocenters. The van der Waals surface area contributed by atoms with Crippen LogP contribution >= 0.6 is 0 Å². The predicted molar refractivity (Wildman–Crippen MR) is 163 cm³/mol. The number of ether oxygens (including phenoxy) is 1. The van der Waals surface area contributed by atoms with Crippen LogP contribution in [-0.4, -0.2) is 84.3 Å². The van der Waals surface area contributed by atoms with Crippen LogP contribution in [-0.2, 0) is 31.0 Å². The predicted octanol–water partition coefficient (Wildman–Crippen LogP) is 4.68. The summed E-state index contributed by atoms with van der Waals surface area (Å²) >= 11 is 0. The number of carbonyl (C=O) groups is 2. The van der Waals surface area contributed by atoms with Crippen molar-refractivity contribution in [2.24, 2.45) is 11.8 Å². The van der Waals surface area contributed by atoms with Gasteiger partial charge in [-0.3, -0.25) is 8.98 Å². The molecule has 0 bridgehead atoms. The fraction of sp³-hybridized carbons (Fsp3) is 0.667. The summed E-state index contributed by atoms with van der Waals surface area (Å²) in [5.41, 5.74) is -0.792. The third-order valence-corrected chi connectivity index (χ3v) is 7.21. The highest BCUT2D eigenvalue weighted by molar-refractivity contribution is 7.85. The topological polar surface area (TPSA) is 144 Å². The van der Waals surface area contributed by atoms with E-state index in [2.05, 4.69) is 10.3 Å². The van der Waals surface area contributed by atoms with Crippen molar-refractivity contribution >= 4 is 27.9 Å². The number of carbonyl (C=O) groups excluding carboxylic acids is 2. The second-order valence-corrected chi connectivity index (χ2v) is 15.3. The first-order chi connectivity index (χ1) is 19.8. The van der Waals surface area contributed by atoms with Gasteiger partial charge in [-0.05, 0) is 45.2 Å². The van der Waals surface area contributed by atoms with Crippen molar-refractivity contribution in [2.45, 2.75) is 85.4 Å². The molecule has 1 aliphatic heterocycles. The lowest BCUT2D eigenvalue weighted by molar-refractivity contribution is -0.00280. The number of aromatic nitrogens is 2. The van der Waals surface area contributed by atoms with Gasteiger partial charge in [0.1, 0.15) is 28.6 Å². The molecule has 240 valence electrons. The molecule has 43 heavy (non-hydrogen) atoms. The molecule has 2 amide bonds. The zero-order valence-electron chi connectivity index (χ0n) is 26.8. The van der Waals surface area contributed by atoms with Gasteiger partial charge in [0.2, 0.25) is 0 Å². The SMILES string of the molecule is CC(C)CN(C(=O)c1cnc(C(C)(C)C)nc1NCc1ccco1)C1CC(COS(C)(=O)=O)CN(C(=O)OC(C)(C)C)C1. The van der Waals surface area contributed by atoms with Gasteiger partial charge in [0, 0.05) is 37.2 Å². The maximum absolute atomic E-state index is 14.4. The molecule has 1 saturated heterocycles. The molecule has 3 heterocycles. The van der Waals surface area contributed by atoms with E-state index in [1.165, 1.54) is 4.90 Å². The molecular weight excluding hydrogens is 574 g/mol. The number of hydrogen-bond acceptors (Lipinski definition) is 10. The van der Waals surface area contributed by atoms with E-state index in [4.69, 9.17) is 18.3 Å². The van der Waals surface area contributed by atoms with E-state index in [9.17, 15) is 18.0 Å². The van der Waals surface area contributed by atoms with E-state index in [0.29, 0.717) is 42.5 Å². The van der Waals surface area contributed by atoms with Gasteiger partial charge in [0.25, 0.3) is 16.0 Å². The van der Waals surface area contributed by atoms with Crippen LogP contribution in [0.15, 0.2) is 29.0 Å². The van der Waals surface area contributed by atoms with E-state index < -0.39 is 27.9 Å². The van der Waals surface area contributed by atoms with E-state index in [0.717, 1.165) is 6.26 Å². The Morgan fingerprint density at radius 3 is 2.44 bits per heavy atom. The average molecular weight is 622 g/mol. The monoisotopic (exact) mass is 621 g/mol. The first kappa shape index (κ1) is 34.3. The van der Waals surface area contributed by atoms with Gasteiger partial charge in [-0.1, -0.05) is 34.6 Å². The third kappa shape index (κ3) is 10.5. The zero-order chi connectivity index (χ0) is 32.2. The van der Waals surface area contributed by atoms with E-state index >= 15 is 0 Å². The highest BCUT2D eigenvalue weighted by Crippen LogP contribution is 2.28. The summed E-state index contributed by atoms with van der Waals surface area (Å²) in [7, 11) is -3.70. The standard InChI is InChI=1S/C30H47N5O7S/c1-20(2)16-35(22-13-21(19-41-43(9,38)39)17-34(18-22)28(37)42-30(6,7)8)26(36)24-15-32-27(29(3,4)5)33-25(24)31-14-23-11-10-12-40-23/h10-12,15,20-22H,13-14,16-19H2,1-9H3,(H,31,32,33). The lowest BCUT2D eigenvalue weighted by Crippen LogP contribution is -2.56. The second kappa shape index (κ2) is 13.6. The normalized spacial score (nSPS) is 18.0. The van der Waals surface area contributed by atoms with Crippen molar-refractivity contribution < 1.29 is 31.3 Å². The number of nitrogens with one attached hydrogen (secondary N) is 1. The number of nitrogens with zero attached hydrogens (tertiary/aromatic N) is 4. The summed E-state index contributed by atoms with van der Waals surface area (Å²) in [6.07, 6.45) is 4.02. The fourth-order valence-electron chi connectivity index (χ4n) is 4.78. The molecule has 13 heteroatoms. The molecule has 0 aromatic carbocycles. The highest BCUT2D eigenvalue weighted by atomic mass is 32.2. The maximum Gasteiger partial charge on any atom is 0.410 e. The van der Waals surface area contributed by atoms with Crippen molar-refractivity contribution in [3.63, 3.8) is 0 Å². The second-order valence-electron chi connectivity index (χ2n) is 13.6. The van der Waals surface area contributed by atoms with E-state index in [1.807, 2.05) is 40.7 Å². The van der Waals surface area contributed by atoms with Crippen LogP contribution in [0.3, 0.4) is 0 Å². The Morgan fingerprint density at radius 1 is 1.19 bits per heavy atom. The molecular formula is C30H47N5O7S. The lowest BCUT2D eigenvalue weighted by Gasteiger charge is -2.43. The summed E-state index contributed by atoms with van der Waals surface area (Å²) in [6.45, 7) is 16.4. The number of rotatable bonds is 10. The van der Waals surface area contributed by atoms with Crippen LogP contribution in [0.25, 0.3) is 0 Å². The molecule has 3 rings (SSSR count). The number of anilines is 1. The number of piperidine rings is 1. The Kier molecular flexibility index (Phi) is 10.9. The van der Waals surface area contributed by atoms with E-state index in [-0.39, 0.29) is 42.9 Å².